The molecule has 4 nitrogen and oxygen atoms in total. The first-order valence-corrected chi connectivity index (χ1v) is 5.35. The summed E-state index contributed by atoms with van der Waals surface area (Å²) in [6.45, 7) is 0. The average molecular weight is 240 g/mol. The van der Waals surface area contributed by atoms with Crippen LogP contribution in [0.15, 0.2) is 29.8 Å². The van der Waals surface area contributed by atoms with E-state index in [1.807, 2.05) is 11.4 Å². The quantitative estimate of drug-likeness (QED) is 0.819. The van der Waals surface area contributed by atoms with Crippen molar-refractivity contribution in [3.63, 3.8) is 0 Å². The lowest BCUT2D eigenvalue weighted by Crippen LogP contribution is -2.11. The molecule has 76 valence electrons. The minimum atomic E-state index is -0.195. The van der Waals surface area contributed by atoms with Gasteiger partial charge in [0, 0.05) is 6.20 Å². The molecule has 2 aromatic heterocycles. The van der Waals surface area contributed by atoms with E-state index >= 15 is 0 Å². The second kappa shape index (κ2) is 4.37. The predicted molar refractivity (Wildman–Crippen MR) is 59.3 cm³/mol. The van der Waals surface area contributed by atoms with Gasteiger partial charge in [-0.25, -0.2) is 9.97 Å². The molecule has 2 aromatic rings. The van der Waals surface area contributed by atoms with E-state index < -0.39 is 0 Å². The molecule has 2 heterocycles. The Morgan fingerprint density at radius 3 is 3.00 bits per heavy atom. The number of amides is 1. The summed E-state index contributed by atoms with van der Waals surface area (Å²) >= 11 is 6.95. The number of halogens is 1. The normalized spacial score (nSPS) is 9.93. The maximum absolute atomic E-state index is 11.6. The van der Waals surface area contributed by atoms with Crippen LogP contribution in [0.5, 0.6) is 0 Å². The molecule has 0 saturated heterocycles. The molecule has 2 rings (SSSR count). The zero-order valence-electron chi connectivity index (χ0n) is 7.48. The summed E-state index contributed by atoms with van der Waals surface area (Å²) in [5.74, 6) is 0.202. The Morgan fingerprint density at radius 1 is 1.47 bits per heavy atom. The molecule has 1 N–H and O–H groups in total. The predicted octanol–water partition coefficient (Wildman–Crippen LogP) is 2.44. The van der Waals surface area contributed by atoms with Crippen LogP contribution in [0, 0.1) is 0 Å². The van der Waals surface area contributed by atoms with Crippen LogP contribution in [0.4, 0.5) is 5.82 Å². The molecule has 0 aliphatic rings. The van der Waals surface area contributed by atoms with E-state index in [9.17, 15) is 4.79 Å². The number of thiophene rings is 1. The molecular weight excluding hydrogens is 234 g/mol. The number of nitrogens with one attached hydrogen (secondary N) is 1. The summed E-state index contributed by atoms with van der Waals surface area (Å²) in [6.07, 6.45) is 1.49. The van der Waals surface area contributed by atoms with E-state index in [0.29, 0.717) is 10.7 Å². The van der Waals surface area contributed by atoms with Crippen molar-refractivity contribution in [1.82, 2.24) is 9.97 Å². The van der Waals surface area contributed by atoms with Crippen LogP contribution in [-0.2, 0) is 0 Å². The molecule has 0 bridgehead atoms. The van der Waals surface area contributed by atoms with Gasteiger partial charge in [0.05, 0.1) is 4.88 Å². The smallest absolute Gasteiger partial charge is 0.266 e. The van der Waals surface area contributed by atoms with E-state index in [1.165, 1.54) is 17.5 Å². The van der Waals surface area contributed by atoms with Crippen LogP contribution < -0.4 is 5.32 Å². The first-order valence-electron chi connectivity index (χ1n) is 4.09. The molecule has 0 aliphatic carbocycles. The number of carbonyl (C=O) groups excluding carboxylic acids is 1. The second-order valence-corrected chi connectivity index (χ2v) is 3.93. The molecule has 1 amide bonds. The number of aromatic nitrogens is 2. The fourth-order valence-corrected chi connectivity index (χ4v) is 1.76. The molecule has 15 heavy (non-hydrogen) atoms. The largest absolute Gasteiger partial charge is 0.306 e. The topological polar surface area (TPSA) is 54.9 Å². The maximum Gasteiger partial charge on any atom is 0.266 e. The summed E-state index contributed by atoms with van der Waals surface area (Å²) in [5.41, 5.74) is 0. The first kappa shape index (κ1) is 10.1. The molecule has 0 unspecified atom stereocenters. The van der Waals surface area contributed by atoms with Gasteiger partial charge >= 0.3 is 0 Å². The van der Waals surface area contributed by atoms with Crippen molar-refractivity contribution in [2.45, 2.75) is 0 Å². The molecule has 6 heteroatoms. The monoisotopic (exact) mass is 239 g/mol. The summed E-state index contributed by atoms with van der Waals surface area (Å²) in [7, 11) is 0. The molecule has 0 atom stereocenters. The van der Waals surface area contributed by atoms with Crippen molar-refractivity contribution < 1.29 is 4.79 Å². The van der Waals surface area contributed by atoms with Gasteiger partial charge in [-0.1, -0.05) is 6.07 Å². The van der Waals surface area contributed by atoms with Gasteiger partial charge in [0.2, 0.25) is 5.28 Å². The first-order chi connectivity index (χ1) is 7.25. The number of rotatable bonds is 2. The SMILES string of the molecule is O=C(Nc1ccnc(Cl)n1)c1cccs1. The number of hydrogen-bond acceptors (Lipinski definition) is 4. The fourth-order valence-electron chi connectivity index (χ4n) is 0.990. The van der Waals surface area contributed by atoms with Crippen LogP contribution in [0.25, 0.3) is 0 Å². The number of nitrogens with zero attached hydrogens (tertiary/aromatic N) is 2. The highest BCUT2D eigenvalue weighted by Crippen LogP contribution is 2.12. The summed E-state index contributed by atoms with van der Waals surface area (Å²) < 4.78 is 0. The number of anilines is 1. The summed E-state index contributed by atoms with van der Waals surface area (Å²) in [4.78, 5) is 19.8. The van der Waals surface area contributed by atoms with Crippen molar-refractivity contribution in [3.8, 4) is 0 Å². The van der Waals surface area contributed by atoms with Crippen molar-refractivity contribution >= 4 is 34.7 Å². The molecule has 0 aliphatic heterocycles. The van der Waals surface area contributed by atoms with E-state index in [4.69, 9.17) is 11.6 Å². The van der Waals surface area contributed by atoms with E-state index in [0.717, 1.165) is 0 Å². The lowest BCUT2D eigenvalue weighted by molar-refractivity contribution is 0.103. The third-order valence-corrected chi connectivity index (χ3v) is 2.66. The maximum atomic E-state index is 11.6. The minimum Gasteiger partial charge on any atom is -0.306 e. The summed E-state index contributed by atoms with van der Waals surface area (Å²) in [6, 6.07) is 5.13. The van der Waals surface area contributed by atoms with Crippen LogP contribution >= 0.6 is 22.9 Å². The highest BCUT2D eigenvalue weighted by Gasteiger charge is 2.07. The van der Waals surface area contributed by atoms with Gasteiger partial charge < -0.3 is 5.32 Å². The Morgan fingerprint density at radius 2 is 2.33 bits per heavy atom. The Labute approximate surface area is 94.9 Å². The Hall–Kier alpha value is -1.46. The van der Waals surface area contributed by atoms with Crippen LogP contribution in [0.2, 0.25) is 5.28 Å². The fraction of sp³-hybridized carbons (Fsp3) is 0. The lowest BCUT2D eigenvalue weighted by atomic mass is 10.4. The average Bonchev–Trinajstić information content (AvgIpc) is 2.70. The van der Waals surface area contributed by atoms with E-state index in [2.05, 4.69) is 15.3 Å². The zero-order chi connectivity index (χ0) is 10.7. The highest BCUT2D eigenvalue weighted by atomic mass is 35.5. The van der Waals surface area contributed by atoms with Gasteiger partial charge in [-0.2, -0.15) is 0 Å². The standard InChI is InChI=1S/C9H6ClN3OS/c10-9-11-4-3-7(13-9)12-8(14)6-2-1-5-15-6/h1-5H,(H,11,12,13,14). The Balaban J connectivity index is 2.13. The third-order valence-electron chi connectivity index (χ3n) is 1.61. The van der Waals surface area contributed by atoms with Gasteiger partial charge in [0.15, 0.2) is 0 Å². The van der Waals surface area contributed by atoms with E-state index in [-0.39, 0.29) is 11.2 Å². The summed E-state index contributed by atoms with van der Waals surface area (Å²) in [5, 5.41) is 4.57. The van der Waals surface area contributed by atoms with Crippen molar-refractivity contribution in [1.29, 1.82) is 0 Å². The van der Waals surface area contributed by atoms with Crippen LogP contribution in [-0.4, -0.2) is 15.9 Å². The molecule has 0 radical (unpaired) electrons. The lowest BCUT2D eigenvalue weighted by Gasteiger charge is -2.01. The third kappa shape index (κ3) is 2.51. The molecule has 0 saturated carbocycles. The molecular formula is C9H6ClN3OS. The second-order valence-electron chi connectivity index (χ2n) is 2.64. The van der Waals surface area contributed by atoms with Gasteiger partial charge in [-0.3, -0.25) is 4.79 Å². The van der Waals surface area contributed by atoms with E-state index in [1.54, 1.807) is 12.1 Å². The Kier molecular flexibility index (Phi) is 2.94. The number of carbonyl (C=O) groups is 1. The van der Waals surface area contributed by atoms with Gasteiger partial charge in [0.25, 0.3) is 5.91 Å². The molecule has 0 spiro atoms. The highest BCUT2D eigenvalue weighted by molar-refractivity contribution is 7.12. The Bertz CT molecular complexity index is 472. The van der Waals surface area contributed by atoms with Gasteiger partial charge in [0.1, 0.15) is 5.82 Å². The van der Waals surface area contributed by atoms with Crippen LogP contribution in [0.3, 0.4) is 0 Å². The van der Waals surface area contributed by atoms with Gasteiger partial charge in [-0.05, 0) is 29.1 Å². The minimum absolute atomic E-state index is 0.110. The molecule has 0 fully saturated rings. The van der Waals surface area contributed by atoms with Gasteiger partial charge in [-0.15, -0.1) is 11.3 Å². The van der Waals surface area contributed by atoms with Crippen LogP contribution in [0.1, 0.15) is 9.67 Å². The van der Waals surface area contributed by atoms with Crippen molar-refractivity contribution in [3.05, 3.63) is 39.9 Å². The van der Waals surface area contributed by atoms with Crippen molar-refractivity contribution in [2.24, 2.45) is 0 Å². The van der Waals surface area contributed by atoms with Crippen molar-refractivity contribution in [2.75, 3.05) is 5.32 Å². The molecule has 0 aromatic carbocycles. The zero-order valence-corrected chi connectivity index (χ0v) is 9.05. The number of hydrogen-bond donors (Lipinski definition) is 1.